The number of allylic oxidation sites excluding steroid dienone is 5. The Hall–Kier alpha value is -0.416. The van der Waals surface area contributed by atoms with Crippen LogP contribution in [0.3, 0.4) is 0 Å². The molecule has 1 rings (SSSR count). The zero-order chi connectivity index (χ0) is 19.4. The van der Waals surface area contributed by atoms with Gasteiger partial charge in [0.1, 0.15) is 0 Å². The highest BCUT2D eigenvalue weighted by molar-refractivity contribution is 6.97. The second-order valence-electron chi connectivity index (χ2n) is 6.50. The van der Waals surface area contributed by atoms with Crippen LogP contribution in [-0.2, 0) is 20.6 Å². The molecular weight excluding hydrogens is 401 g/mol. The monoisotopic (exact) mass is 430 g/mol. The largest absolute Gasteiger partial charge is 0.425 e. The molecule has 0 aliphatic carbocycles. The first kappa shape index (κ1) is 22.6. The Labute approximate surface area is 160 Å². The lowest BCUT2D eigenvalue weighted by molar-refractivity contribution is 0.291. The number of hydrogen-bond donors (Lipinski definition) is 0. The van der Waals surface area contributed by atoms with E-state index in [4.69, 9.17) is 20.6 Å². The highest BCUT2D eigenvalue weighted by Crippen LogP contribution is 2.35. The lowest BCUT2D eigenvalue weighted by Crippen LogP contribution is -2.61. The lowest BCUT2D eigenvalue weighted by Gasteiger charge is -2.44. The minimum atomic E-state index is -3.07. The summed E-state index contributed by atoms with van der Waals surface area (Å²) >= 11 is 0. The van der Waals surface area contributed by atoms with Crippen molar-refractivity contribution in [1.29, 1.82) is 0 Å². The van der Waals surface area contributed by atoms with Gasteiger partial charge in [0, 0.05) is 0 Å². The Morgan fingerprint density at radius 2 is 1.24 bits per heavy atom. The van der Waals surface area contributed by atoms with Gasteiger partial charge in [0.25, 0.3) is 20.0 Å². The molecule has 25 heavy (non-hydrogen) atoms. The van der Waals surface area contributed by atoms with Crippen molar-refractivity contribution in [3.05, 3.63) is 58.9 Å². The normalized spacial score (nSPS) is 25.2. The second kappa shape index (κ2) is 8.99. The Balaban J connectivity index is 3.56. The summed E-state index contributed by atoms with van der Waals surface area (Å²) in [7, 11) is -10.7. The van der Waals surface area contributed by atoms with Crippen molar-refractivity contribution in [1.82, 2.24) is 0 Å². The van der Waals surface area contributed by atoms with Gasteiger partial charge in [-0.25, -0.2) is 0 Å². The maximum Gasteiger partial charge on any atom is 0.379 e. The fraction of sp³-hybridized carbons (Fsp3) is 0.333. The van der Waals surface area contributed by atoms with Crippen molar-refractivity contribution in [2.24, 2.45) is 0 Å². The predicted molar refractivity (Wildman–Crippen MR) is 115 cm³/mol. The van der Waals surface area contributed by atoms with Gasteiger partial charge >= 0.3 is 26.4 Å². The van der Waals surface area contributed by atoms with Gasteiger partial charge in [-0.2, -0.15) is 0 Å². The van der Waals surface area contributed by atoms with E-state index < -0.39 is 46.4 Å². The Morgan fingerprint density at radius 1 is 0.760 bits per heavy atom. The topological polar surface area (TPSA) is 46.2 Å². The fourth-order valence-electron chi connectivity index (χ4n) is 2.48. The van der Waals surface area contributed by atoms with E-state index in [2.05, 4.69) is 32.9 Å². The molecule has 1 fully saturated rings. The molecule has 0 saturated carbocycles. The van der Waals surface area contributed by atoms with Gasteiger partial charge in [0.15, 0.2) is 0 Å². The molecule has 5 nitrogen and oxygen atoms in total. The molecule has 0 spiro atoms. The molecule has 0 aromatic rings. The van der Waals surface area contributed by atoms with E-state index in [9.17, 15) is 0 Å². The average molecular weight is 431 g/mol. The van der Waals surface area contributed by atoms with Crippen molar-refractivity contribution < 1.29 is 20.6 Å². The summed E-state index contributed by atoms with van der Waals surface area (Å²) in [6, 6.07) is 0. The SMILES string of the molecule is C=C(C)[SiH]1O[SiH2]O[SiH2]O[Si](C(=C)C)(C(=C)C)O[Si](C(=C)C)(C(=C)C)O1. The molecule has 0 aromatic carbocycles. The molecule has 1 heterocycles. The summed E-state index contributed by atoms with van der Waals surface area (Å²) in [4.78, 5) is 0. The van der Waals surface area contributed by atoms with Gasteiger partial charge in [-0.05, 0) is 60.6 Å². The highest BCUT2D eigenvalue weighted by atomic mass is 28.5. The van der Waals surface area contributed by atoms with Crippen LogP contribution in [0.4, 0.5) is 0 Å². The average Bonchev–Trinajstić information content (AvgIpc) is 2.49. The summed E-state index contributed by atoms with van der Waals surface area (Å²) in [6.07, 6.45) is 0. The molecule has 0 amide bonds. The molecule has 0 radical (unpaired) electrons. The van der Waals surface area contributed by atoms with E-state index in [-0.39, 0.29) is 0 Å². The van der Waals surface area contributed by atoms with Crippen LogP contribution < -0.4 is 0 Å². The lowest BCUT2D eigenvalue weighted by atomic mass is 10.7. The standard InChI is InChI=1S/C15H30O5Si5/c1-11(2)23-17-21-16-22-18-24(12(3)4,13(5)6)20-25(19-23,14(7)8)15(9)10/h23H,1,3,5,7,9,21-22H2,2,4,6,8,10H3. The second-order valence-corrected chi connectivity index (χ2v) is 20.4. The van der Waals surface area contributed by atoms with E-state index in [0.29, 0.717) is 0 Å². The van der Waals surface area contributed by atoms with Gasteiger partial charge < -0.3 is 20.6 Å². The molecule has 140 valence electrons. The van der Waals surface area contributed by atoms with Gasteiger partial charge in [0.05, 0.1) is 0 Å². The van der Waals surface area contributed by atoms with E-state index in [0.717, 1.165) is 26.0 Å². The van der Waals surface area contributed by atoms with Gasteiger partial charge in [-0.3, -0.25) is 0 Å². The van der Waals surface area contributed by atoms with Crippen molar-refractivity contribution in [2.75, 3.05) is 0 Å². The minimum Gasteiger partial charge on any atom is -0.425 e. The van der Waals surface area contributed by atoms with Crippen LogP contribution in [0.25, 0.3) is 0 Å². The van der Waals surface area contributed by atoms with Gasteiger partial charge in [0.2, 0.25) is 0 Å². The van der Waals surface area contributed by atoms with Gasteiger partial charge in [-0.15, -0.1) is 0 Å². The Kier molecular flexibility index (Phi) is 8.13. The van der Waals surface area contributed by atoms with Crippen LogP contribution in [0.2, 0.25) is 0 Å². The highest BCUT2D eigenvalue weighted by Gasteiger charge is 2.54. The molecule has 1 unspecified atom stereocenters. The van der Waals surface area contributed by atoms with Gasteiger partial charge in [-0.1, -0.05) is 32.9 Å². The third-order valence-electron chi connectivity index (χ3n) is 3.86. The van der Waals surface area contributed by atoms with Crippen LogP contribution in [0, 0.1) is 0 Å². The van der Waals surface area contributed by atoms with Crippen molar-refractivity contribution in [2.45, 2.75) is 34.6 Å². The Bertz CT molecular complexity index is 575. The van der Waals surface area contributed by atoms with Crippen LogP contribution in [0.15, 0.2) is 58.9 Å². The summed E-state index contributed by atoms with van der Waals surface area (Å²) in [5, 5.41) is 4.18. The first-order chi connectivity index (χ1) is 11.5. The smallest absolute Gasteiger partial charge is 0.379 e. The maximum atomic E-state index is 6.75. The summed E-state index contributed by atoms with van der Waals surface area (Å²) < 4.78 is 31.2. The molecular formula is C15H30O5Si5. The van der Waals surface area contributed by atoms with Crippen LogP contribution >= 0.6 is 0 Å². The van der Waals surface area contributed by atoms with E-state index in [1.807, 2.05) is 34.6 Å². The maximum absolute atomic E-state index is 6.75. The summed E-state index contributed by atoms with van der Waals surface area (Å²) in [6.45, 7) is 30.2. The third-order valence-corrected chi connectivity index (χ3v) is 18.8. The van der Waals surface area contributed by atoms with E-state index >= 15 is 0 Å². The van der Waals surface area contributed by atoms with Crippen molar-refractivity contribution >= 4 is 46.4 Å². The quantitative estimate of drug-likeness (QED) is 0.622. The Morgan fingerprint density at radius 3 is 1.64 bits per heavy atom. The molecule has 1 atom stereocenters. The molecule has 1 saturated heterocycles. The van der Waals surface area contributed by atoms with Crippen LogP contribution in [-0.4, -0.2) is 46.4 Å². The fourth-order valence-corrected chi connectivity index (χ4v) is 21.1. The molecule has 1 aliphatic heterocycles. The molecule has 10 heteroatoms. The summed E-state index contributed by atoms with van der Waals surface area (Å²) in [5.74, 6) is 0. The van der Waals surface area contributed by atoms with Crippen molar-refractivity contribution in [3.8, 4) is 0 Å². The zero-order valence-electron chi connectivity index (χ0n) is 16.1. The number of hydrogen-bond acceptors (Lipinski definition) is 5. The first-order valence-electron chi connectivity index (χ1n) is 8.00. The van der Waals surface area contributed by atoms with Crippen LogP contribution in [0.5, 0.6) is 0 Å². The predicted octanol–water partition coefficient (Wildman–Crippen LogP) is 1.76. The first-order valence-corrected chi connectivity index (χ1v) is 15.5. The third kappa shape index (κ3) is 4.85. The zero-order valence-corrected chi connectivity index (χ0v) is 22.1. The minimum absolute atomic E-state index is 0.815. The van der Waals surface area contributed by atoms with Crippen LogP contribution in [0.1, 0.15) is 34.6 Å². The molecule has 0 bridgehead atoms. The summed E-state index contributed by atoms with van der Waals surface area (Å²) in [5.41, 5.74) is 0. The molecule has 0 aromatic heterocycles. The molecule has 1 aliphatic rings. The van der Waals surface area contributed by atoms with Crippen molar-refractivity contribution in [3.63, 3.8) is 0 Å². The van der Waals surface area contributed by atoms with E-state index in [1.165, 1.54) is 0 Å². The number of rotatable bonds is 5. The molecule has 0 N–H and O–H groups in total. The van der Waals surface area contributed by atoms with E-state index in [1.54, 1.807) is 0 Å².